The van der Waals surface area contributed by atoms with Crippen LogP contribution in [-0.4, -0.2) is 17.9 Å². The average molecular weight is 497 g/mol. The first-order valence-corrected chi connectivity index (χ1v) is 11.4. The fourth-order valence-electron chi connectivity index (χ4n) is 3.49. The monoisotopic (exact) mass is 496 g/mol. The summed E-state index contributed by atoms with van der Waals surface area (Å²) in [6.07, 6.45) is 0. The van der Waals surface area contributed by atoms with Crippen LogP contribution in [0.2, 0.25) is 0 Å². The predicted molar refractivity (Wildman–Crippen MR) is 142 cm³/mol. The molecule has 0 saturated heterocycles. The van der Waals surface area contributed by atoms with Crippen LogP contribution in [0.25, 0.3) is 0 Å². The van der Waals surface area contributed by atoms with Crippen LogP contribution in [0.3, 0.4) is 0 Å². The van der Waals surface area contributed by atoms with E-state index in [0.717, 1.165) is 11.1 Å². The molecule has 10 nitrogen and oxygen atoms in total. The van der Waals surface area contributed by atoms with E-state index < -0.39 is 11.9 Å². The summed E-state index contributed by atoms with van der Waals surface area (Å²) < 4.78 is 0. The molecular formula is C27H28N8O2. The highest BCUT2D eigenvalue weighted by Gasteiger charge is 2.19. The molecule has 3 amide bonds. The molecule has 0 unspecified atom stereocenters. The Morgan fingerprint density at radius 1 is 1.05 bits per heavy atom. The zero-order valence-corrected chi connectivity index (χ0v) is 20.8. The van der Waals surface area contributed by atoms with Gasteiger partial charge in [0.25, 0.3) is 5.91 Å². The van der Waals surface area contributed by atoms with E-state index >= 15 is 0 Å². The van der Waals surface area contributed by atoms with E-state index in [-0.39, 0.29) is 18.0 Å². The first-order valence-electron chi connectivity index (χ1n) is 11.4. The molecule has 0 fully saturated rings. The Labute approximate surface area is 215 Å². The van der Waals surface area contributed by atoms with Crippen molar-refractivity contribution in [3.05, 3.63) is 95.1 Å². The summed E-state index contributed by atoms with van der Waals surface area (Å²) in [7, 11) is 0. The van der Waals surface area contributed by atoms with Crippen LogP contribution in [-0.2, 0) is 12.0 Å². The Bertz CT molecular complexity index is 1350. The van der Waals surface area contributed by atoms with E-state index in [1.165, 1.54) is 0 Å². The lowest BCUT2D eigenvalue weighted by molar-refractivity contribution is 0.0976. The van der Waals surface area contributed by atoms with Gasteiger partial charge in [-0.3, -0.25) is 20.4 Å². The second-order valence-electron chi connectivity index (χ2n) is 9.22. The second-order valence-corrected chi connectivity index (χ2v) is 9.22. The van der Waals surface area contributed by atoms with Gasteiger partial charge in [-0.15, -0.1) is 0 Å². The molecule has 0 aromatic heterocycles. The molecule has 3 aromatic carbocycles. The van der Waals surface area contributed by atoms with Gasteiger partial charge in [-0.2, -0.15) is 5.26 Å². The highest BCUT2D eigenvalue weighted by Crippen LogP contribution is 2.26. The van der Waals surface area contributed by atoms with Gasteiger partial charge in [0.1, 0.15) is 0 Å². The fraction of sp³-hybridized carbons (Fsp3) is 0.185. The second kappa shape index (κ2) is 11.6. The number of anilines is 2. The topological polar surface area (TPSA) is 160 Å². The number of nitrogens with two attached hydrogens (primary N) is 1. The number of carbonyl (C=O) groups excluding carboxylic acids is 2. The largest absolute Gasteiger partial charge is 0.326 e. The number of nitrogens with zero attached hydrogens (tertiary/aromatic N) is 4. The van der Waals surface area contributed by atoms with Crippen LogP contribution < -0.4 is 21.4 Å². The molecular weight excluding hydrogens is 468 g/mol. The van der Waals surface area contributed by atoms with Crippen molar-refractivity contribution in [3.63, 3.8) is 0 Å². The van der Waals surface area contributed by atoms with Crippen LogP contribution in [0.4, 0.5) is 16.2 Å². The number of hydrogen-bond donors (Lipinski definition) is 4. The molecule has 5 N–H and O–H groups in total. The van der Waals surface area contributed by atoms with E-state index in [0.29, 0.717) is 22.5 Å². The van der Waals surface area contributed by atoms with Crippen LogP contribution in [0.5, 0.6) is 0 Å². The van der Waals surface area contributed by atoms with Crippen molar-refractivity contribution in [1.82, 2.24) is 5.32 Å². The highest BCUT2D eigenvalue weighted by atomic mass is 16.2. The molecule has 0 heterocycles. The number of amides is 3. The highest BCUT2D eigenvalue weighted by molar-refractivity contribution is 6.05. The summed E-state index contributed by atoms with van der Waals surface area (Å²) in [5.74, 6) is 3.88. The van der Waals surface area contributed by atoms with Crippen molar-refractivity contribution in [2.45, 2.75) is 32.7 Å². The van der Waals surface area contributed by atoms with Crippen LogP contribution in [0.15, 0.2) is 83.1 Å². The quantitative estimate of drug-likeness (QED) is 0.127. The number of rotatable bonds is 5. The predicted octanol–water partition coefficient (Wildman–Crippen LogP) is 5.08. The lowest BCUT2D eigenvalue weighted by Crippen LogP contribution is -2.34. The minimum atomic E-state index is -0.534. The van der Waals surface area contributed by atoms with Gasteiger partial charge in [0.15, 0.2) is 0 Å². The lowest BCUT2D eigenvalue weighted by atomic mass is 9.87. The lowest BCUT2D eigenvalue weighted by Gasteiger charge is -2.25. The third kappa shape index (κ3) is 7.22. The molecule has 0 aliphatic heterocycles. The summed E-state index contributed by atoms with van der Waals surface area (Å²) in [5, 5.41) is 28.0. The number of urea groups is 1. The van der Waals surface area contributed by atoms with Crippen molar-refractivity contribution in [1.29, 1.82) is 10.7 Å². The average Bonchev–Trinajstić information content (AvgIpc) is 2.87. The number of carbonyl (C=O) groups is 2. The maximum atomic E-state index is 13.4. The summed E-state index contributed by atoms with van der Waals surface area (Å²) >= 11 is 0. The SMILES string of the molecule is CC(C)(C)c1ccc(N(Cc2ccc(C(=O)NC(=N)N=NN)cc2)C(=O)Nc2cccc(C#N)c2)cc1. The maximum absolute atomic E-state index is 13.4. The van der Waals surface area contributed by atoms with Crippen molar-refractivity contribution in [3.8, 4) is 6.07 Å². The van der Waals surface area contributed by atoms with E-state index in [4.69, 9.17) is 11.3 Å². The first-order chi connectivity index (χ1) is 17.6. The van der Waals surface area contributed by atoms with Gasteiger partial charge in [-0.05, 0) is 59.0 Å². The number of benzene rings is 3. The molecule has 0 spiro atoms. The minimum Gasteiger partial charge on any atom is -0.307 e. The molecule has 37 heavy (non-hydrogen) atoms. The smallest absolute Gasteiger partial charge is 0.307 e. The zero-order valence-electron chi connectivity index (χ0n) is 20.8. The molecule has 0 atom stereocenters. The van der Waals surface area contributed by atoms with Crippen molar-refractivity contribution in [2.75, 3.05) is 10.2 Å². The molecule has 188 valence electrons. The third-order valence-electron chi connectivity index (χ3n) is 5.48. The van der Waals surface area contributed by atoms with Crippen LogP contribution >= 0.6 is 0 Å². The van der Waals surface area contributed by atoms with Gasteiger partial charge in [-0.25, -0.2) is 4.79 Å². The Morgan fingerprint density at radius 2 is 1.73 bits per heavy atom. The first kappa shape index (κ1) is 26.6. The van der Waals surface area contributed by atoms with Gasteiger partial charge in [-0.1, -0.05) is 61.4 Å². The molecule has 3 rings (SSSR count). The molecule has 0 aliphatic carbocycles. The van der Waals surface area contributed by atoms with Crippen LogP contribution in [0.1, 0.15) is 47.8 Å². The van der Waals surface area contributed by atoms with Gasteiger partial charge in [0, 0.05) is 16.9 Å². The van der Waals surface area contributed by atoms with E-state index in [1.54, 1.807) is 53.4 Å². The van der Waals surface area contributed by atoms with Gasteiger partial charge >= 0.3 is 6.03 Å². The third-order valence-corrected chi connectivity index (χ3v) is 5.48. The van der Waals surface area contributed by atoms with E-state index in [9.17, 15) is 14.9 Å². The van der Waals surface area contributed by atoms with Gasteiger partial charge in [0.05, 0.1) is 18.2 Å². The number of hydrogen-bond acceptors (Lipinski definition) is 5. The number of guanidine groups is 1. The molecule has 0 radical (unpaired) electrons. The summed E-state index contributed by atoms with van der Waals surface area (Å²) in [6, 6.07) is 22.8. The summed E-state index contributed by atoms with van der Waals surface area (Å²) in [6.45, 7) is 6.57. The molecule has 0 bridgehead atoms. The number of nitriles is 1. The number of nitrogens with one attached hydrogen (secondary N) is 3. The van der Waals surface area contributed by atoms with E-state index in [1.807, 2.05) is 24.3 Å². The molecule has 0 aliphatic rings. The maximum Gasteiger partial charge on any atom is 0.326 e. The molecule has 10 heteroatoms. The minimum absolute atomic E-state index is 0.0401. The van der Waals surface area contributed by atoms with Crippen LogP contribution in [0, 0.1) is 16.7 Å². The Balaban J connectivity index is 1.86. The van der Waals surface area contributed by atoms with Crippen molar-refractivity contribution >= 4 is 29.3 Å². The molecule has 3 aromatic rings. The zero-order chi connectivity index (χ0) is 27.0. The Hall–Kier alpha value is -5.04. The van der Waals surface area contributed by atoms with Crippen molar-refractivity contribution < 1.29 is 9.59 Å². The van der Waals surface area contributed by atoms with Gasteiger partial charge < -0.3 is 11.2 Å². The molecule has 0 saturated carbocycles. The Kier molecular flexibility index (Phi) is 8.32. The Morgan fingerprint density at radius 3 is 2.32 bits per heavy atom. The van der Waals surface area contributed by atoms with Crippen molar-refractivity contribution in [2.24, 2.45) is 16.2 Å². The van der Waals surface area contributed by atoms with Gasteiger partial charge in [0.2, 0.25) is 5.96 Å². The summed E-state index contributed by atoms with van der Waals surface area (Å²) in [5.41, 5.74) is 3.80. The normalized spacial score (nSPS) is 11.0. The van der Waals surface area contributed by atoms with E-state index in [2.05, 4.69) is 47.8 Å². The standard InChI is InChI=1S/C27H28N8O2/c1-27(2,3)21-11-13-23(14-12-21)35(26(37)31-22-6-4-5-19(15-22)16-28)17-18-7-9-20(10-8-18)24(36)32-25(29)33-34-30/h4-15H,17H2,1-3H3,(H,31,37)(H4,29,30,32,33,36). The fourth-order valence-corrected chi connectivity index (χ4v) is 3.49. The summed E-state index contributed by atoms with van der Waals surface area (Å²) in [4.78, 5) is 27.2.